The van der Waals surface area contributed by atoms with Crippen molar-refractivity contribution in [2.24, 2.45) is 5.92 Å². The maximum Gasteiger partial charge on any atom is 0.359 e. The van der Waals surface area contributed by atoms with Gasteiger partial charge in [0.05, 0.1) is 11.1 Å². The lowest BCUT2D eigenvalue weighted by Gasteiger charge is -2.43. The first-order chi connectivity index (χ1) is 18.0. The SMILES string of the molecule is O=C(ON(C1CC(CCc2ccc3c(n2)NCCC3)C1)[C@@H](CCO)C(=O)O)c1cccc2cccnc12. The number of rotatable bonds is 10. The molecule has 0 unspecified atom stereocenters. The fourth-order valence-corrected chi connectivity index (χ4v) is 5.29. The van der Waals surface area contributed by atoms with E-state index < -0.39 is 18.0 Å². The second-order valence-electron chi connectivity index (χ2n) is 9.86. The number of aromatic nitrogens is 2. The summed E-state index contributed by atoms with van der Waals surface area (Å²) in [5, 5.41) is 24.8. The Morgan fingerprint density at radius 3 is 2.81 bits per heavy atom. The molecule has 1 saturated carbocycles. The summed E-state index contributed by atoms with van der Waals surface area (Å²) in [6.45, 7) is 0.630. The predicted molar refractivity (Wildman–Crippen MR) is 138 cm³/mol. The largest absolute Gasteiger partial charge is 0.480 e. The minimum absolute atomic E-state index is 0.0381. The summed E-state index contributed by atoms with van der Waals surface area (Å²) >= 11 is 0. The van der Waals surface area contributed by atoms with Gasteiger partial charge in [0.1, 0.15) is 11.9 Å². The third-order valence-electron chi connectivity index (χ3n) is 7.37. The van der Waals surface area contributed by atoms with Crippen LogP contribution in [0, 0.1) is 5.92 Å². The summed E-state index contributed by atoms with van der Waals surface area (Å²) < 4.78 is 0. The predicted octanol–water partition coefficient (Wildman–Crippen LogP) is 3.61. The number of hydrogen-bond donors (Lipinski definition) is 3. The molecule has 1 aromatic carbocycles. The number of anilines is 1. The first kappa shape index (κ1) is 25.1. The lowest BCUT2D eigenvalue weighted by Crippen LogP contribution is -2.53. The lowest BCUT2D eigenvalue weighted by atomic mass is 9.76. The Morgan fingerprint density at radius 1 is 1.16 bits per heavy atom. The third kappa shape index (κ3) is 5.57. The van der Waals surface area contributed by atoms with Crippen LogP contribution in [0.15, 0.2) is 48.7 Å². The first-order valence-electron chi connectivity index (χ1n) is 12.9. The van der Waals surface area contributed by atoms with Crippen molar-refractivity contribution in [3.63, 3.8) is 0 Å². The highest BCUT2D eigenvalue weighted by Gasteiger charge is 2.42. The highest BCUT2D eigenvalue weighted by atomic mass is 16.7. The summed E-state index contributed by atoms with van der Waals surface area (Å²) in [6.07, 6.45) is 6.93. The molecular weight excluding hydrogens is 472 g/mol. The smallest absolute Gasteiger partial charge is 0.359 e. The van der Waals surface area contributed by atoms with Gasteiger partial charge in [-0.2, -0.15) is 0 Å². The fourth-order valence-electron chi connectivity index (χ4n) is 5.29. The number of benzene rings is 1. The first-order valence-corrected chi connectivity index (χ1v) is 12.9. The highest BCUT2D eigenvalue weighted by Crippen LogP contribution is 2.37. The van der Waals surface area contributed by atoms with Crippen molar-refractivity contribution in [2.75, 3.05) is 18.5 Å². The Labute approximate surface area is 215 Å². The number of aliphatic hydroxyl groups is 1. The number of fused-ring (bicyclic) bond motifs is 2. The minimum Gasteiger partial charge on any atom is -0.480 e. The number of para-hydroxylation sites is 1. The van der Waals surface area contributed by atoms with Gasteiger partial charge in [0.2, 0.25) is 0 Å². The zero-order valence-corrected chi connectivity index (χ0v) is 20.7. The van der Waals surface area contributed by atoms with E-state index >= 15 is 0 Å². The molecule has 0 saturated heterocycles. The molecule has 1 aliphatic heterocycles. The number of aliphatic carboxylic acids is 1. The number of nitrogens with one attached hydrogen (secondary N) is 1. The van der Waals surface area contributed by atoms with E-state index in [-0.39, 0.29) is 24.6 Å². The van der Waals surface area contributed by atoms with E-state index in [4.69, 9.17) is 9.82 Å². The van der Waals surface area contributed by atoms with Gasteiger partial charge in [-0.1, -0.05) is 24.3 Å². The van der Waals surface area contributed by atoms with Gasteiger partial charge in [0.15, 0.2) is 0 Å². The van der Waals surface area contributed by atoms with Crippen molar-refractivity contribution < 1.29 is 24.6 Å². The highest BCUT2D eigenvalue weighted by molar-refractivity contribution is 6.02. The van der Waals surface area contributed by atoms with Crippen LogP contribution in [0.2, 0.25) is 0 Å². The zero-order valence-electron chi connectivity index (χ0n) is 20.7. The molecule has 0 spiro atoms. The quantitative estimate of drug-likeness (QED) is 0.355. The van der Waals surface area contributed by atoms with E-state index in [1.54, 1.807) is 24.4 Å². The van der Waals surface area contributed by atoms with E-state index in [9.17, 15) is 19.8 Å². The summed E-state index contributed by atoms with van der Waals surface area (Å²) in [7, 11) is 0. The molecule has 0 bridgehead atoms. The molecule has 1 aliphatic carbocycles. The molecule has 9 heteroatoms. The van der Waals surface area contributed by atoms with E-state index in [0.29, 0.717) is 24.3 Å². The fraction of sp³-hybridized carbons (Fsp3) is 0.429. The number of carbonyl (C=O) groups is 2. The van der Waals surface area contributed by atoms with Crippen molar-refractivity contribution in [3.05, 3.63) is 65.5 Å². The Balaban J connectivity index is 1.25. The average Bonchev–Trinajstić information content (AvgIpc) is 2.89. The van der Waals surface area contributed by atoms with Crippen LogP contribution in [0.1, 0.15) is 53.7 Å². The van der Waals surface area contributed by atoms with Gasteiger partial charge in [-0.05, 0) is 74.6 Å². The van der Waals surface area contributed by atoms with Crippen LogP contribution in [0.25, 0.3) is 10.9 Å². The molecular formula is C28H32N4O5. The van der Waals surface area contributed by atoms with Crippen molar-refractivity contribution in [1.82, 2.24) is 15.0 Å². The molecule has 9 nitrogen and oxygen atoms in total. The molecule has 2 aliphatic rings. The molecule has 0 amide bonds. The third-order valence-corrected chi connectivity index (χ3v) is 7.37. The number of pyridine rings is 2. The average molecular weight is 505 g/mol. The maximum absolute atomic E-state index is 13.2. The number of nitrogens with zero attached hydrogens (tertiary/aromatic N) is 3. The Bertz CT molecular complexity index is 1270. The van der Waals surface area contributed by atoms with Crippen LogP contribution in [-0.4, -0.2) is 62.4 Å². The van der Waals surface area contributed by atoms with Gasteiger partial charge in [-0.3, -0.25) is 9.78 Å². The van der Waals surface area contributed by atoms with E-state index in [0.717, 1.165) is 49.1 Å². The second kappa shape index (κ2) is 11.2. The molecule has 5 rings (SSSR count). The van der Waals surface area contributed by atoms with Gasteiger partial charge in [-0.25, -0.2) is 9.78 Å². The van der Waals surface area contributed by atoms with E-state index in [1.807, 2.05) is 12.1 Å². The van der Waals surface area contributed by atoms with Gasteiger partial charge in [0, 0.05) is 36.5 Å². The summed E-state index contributed by atoms with van der Waals surface area (Å²) in [5.74, 6) is -0.417. The minimum atomic E-state index is -1.13. The van der Waals surface area contributed by atoms with Crippen LogP contribution in [-0.2, 0) is 22.5 Å². The van der Waals surface area contributed by atoms with Gasteiger partial charge < -0.3 is 20.4 Å². The van der Waals surface area contributed by atoms with Crippen LogP contribution >= 0.6 is 0 Å². The Hall–Kier alpha value is -3.56. The van der Waals surface area contributed by atoms with Gasteiger partial charge >= 0.3 is 11.9 Å². The van der Waals surface area contributed by atoms with Crippen LogP contribution < -0.4 is 5.32 Å². The molecule has 3 N–H and O–H groups in total. The van der Waals surface area contributed by atoms with E-state index in [2.05, 4.69) is 22.4 Å². The number of hydrogen-bond acceptors (Lipinski definition) is 8. The van der Waals surface area contributed by atoms with E-state index in [1.165, 1.54) is 10.6 Å². The molecule has 0 radical (unpaired) electrons. The Morgan fingerprint density at radius 2 is 2.00 bits per heavy atom. The van der Waals surface area contributed by atoms with Crippen molar-refractivity contribution in [3.8, 4) is 0 Å². The lowest BCUT2D eigenvalue weighted by molar-refractivity contribution is -0.204. The van der Waals surface area contributed by atoms with Crippen molar-refractivity contribution in [2.45, 2.75) is 57.0 Å². The van der Waals surface area contributed by atoms with Crippen molar-refractivity contribution in [1.29, 1.82) is 0 Å². The molecule has 194 valence electrons. The normalized spacial score (nSPS) is 19.5. The number of carboxylic acid groups (broad SMARTS) is 1. The maximum atomic E-state index is 13.2. The topological polar surface area (TPSA) is 125 Å². The number of aliphatic hydroxyl groups excluding tert-OH is 1. The zero-order chi connectivity index (χ0) is 25.8. The molecule has 1 fully saturated rings. The second-order valence-corrected chi connectivity index (χ2v) is 9.86. The molecule has 37 heavy (non-hydrogen) atoms. The number of hydroxylamine groups is 2. The number of carbonyl (C=O) groups excluding carboxylic acids is 1. The molecule has 3 heterocycles. The van der Waals surface area contributed by atoms with Gasteiger partial charge in [-0.15, -0.1) is 5.06 Å². The number of aryl methyl sites for hydroxylation is 2. The Kier molecular flexibility index (Phi) is 7.62. The van der Waals surface area contributed by atoms with Crippen molar-refractivity contribution >= 4 is 28.7 Å². The standard InChI is InChI=1S/C28H32N4O5/c33-15-12-24(27(34)35)32(37-28(36)23-7-1-4-19-5-2-13-29-25(19)23)22-16-18(17-22)8-10-21-11-9-20-6-3-14-30-26(20)31-21/h1-2,4-5,7,9,11,13,18,22,24,33H,3,6,8,10,12,14-17H2,(H,30,31)(H,34,35)/t18?,22?,24-/m0/s1. The van der Waals surface area contributed by atoms with Crippen LogP contribution in [0.5, 0.6) is 0 Å². The van der Waals surface area contributed by atoms with Crippen LogP contribution in [0.4, 0.5) is 5.82 Å². The molecule has 3 aromatic rings. The summed E-state index contributed by atoms with van der Waals surface area (Å²) in [5.41, 5.74) is 3.09. The van der Waals surface area contributed by atoms with Gasteiger partial charge in [0.25, 0.3) is 0 Å². The molecule has 2 aromatic heterocycles. The van der Waals surface area contributed by atoms with Crippen LogP contribution in [0.3, 0.4) is 0 Å². The summed E-state index contributed by atoms with van der Waals surface area (Å²) in [6, 6.07) is 11.8. The molecule has 1 atom stereocenters. The monoisotopic (exact) mass is 504 g/mol. The summed E-state index contributed by atoms with van der Waals surface area (Å²) in [4.78, 5) is 40.0. The number of carboxylic acids is 1.